The van der Waals surface area contributed by atoms with Crippen LogP contribution >= 0.6 is 0 Å². The fourth-order valence-corrected chi connectivity index (χ4v) is 4.78. The smallest absolute Gasteiger partial charge is 0.230 e. The summed E-state index contributed by atoms with van der Waals surface area (Å²) in [6.07, 6.45) is 1.74. The number of rotatable bonds is 4. The van der Waals surface area contributed by atoms with Crippen molar-refractivity contribution in [1.29, 1.82) is 0 Å². The van der Waals surface area contributed by atoms with E-state index in [-0.39, 0.29) is 18.1 Å². The summed E-state index contributed by atoms with van der Waals surface area (Å²) < 4.78 is 0. The molecule has 6 rings (SSSR count). The molecule has 176 valence electrons. The lowest BCUT2D eigenvalue weighted by Crippen LogP contribution is -2.19. The van der Waals surface area contributed by atoms with Gasteiger partial charge in [-0.1, -0.05) is 48.5 Å². The minimum atomic E-state index is -0.163. The number of amides is 1. The van der Waals surface area contributed by atoms with Crippen LogP contribution in [0.2, 0.25) is 0 Å². The summed E-state index contributed by atoms with van der Waals surface area (Å²) in [7, 11) is 0. The van der Waals surface area contributed by atoms with Gasteiger partial charge in [-0.15, -0.1) is 0 Å². The molecule has 1 aliphatic carbocycles. The van der Waals surface area contributed by atoms with Gasteiger partial charge in [-0.05, 0) is 71.1 Å². The molecule has 0 atom stereocenters. The van der Waals surface area contributed by atoms with Gasteiger partial charge in [-0.2, -0.15) is 0 Å². The van der Waals surface area contributed by atoms with Crippen LogP contribution < -0.4 is 11.1 Å². The molecule has 0 radical (unpaired) electrons. The SMILES string of the molecule is Nc1ccc2c(c1)CCc1nc(NC(=O)Cc3ccc4ccccc4c3)c(-c3ccc(O)cc3)nc1-2. The highest BCUT2D eigenvalue weighted by atomic mass is 16.3. The minimum Gasteiger partial charge on any atom is -0.508 e. The number of nitrogens with zero attached hydrogens (tertiary/aromatic N) is 2. The first kappa shape index (κ1) is 21.8. The van der Waals surface area contributed by atoms with Gasteiger partial charge in [0.2, 0.25) is 5.91 Å². The fourth-order valence-electron chi connectivity index (χ4n) is 4.78. The molecule has 5 aromatic rings. The Morgan fingerprint density at radius 2 is 1.67 bits per heavy atom. The van der Waals surface area contributed by atoms with Crippen molar-refractivity contribution in [3.05, 3.63) is 102 Å². The number of aromatic hydroxyl groups is 1. The number of nitrogen functional groups attached to an aromatic ring is 1. The third kappa shape index (κ3) is 4.14. The second kappa shape index (κ2) is 8.82. The van der Waals surface area contributed by atoms with E-state index in [4.69, 9.17) is 15.7 Å². The Balaban J connectivity index is 1.37. The highest BCUT2D eigenvalue weighted by Crippen LogP contribution is 2.36. The highest BCUT2D eigenvalue weighted by molar-refractivity contribution is 5.96. The van der Waals surface area contributed by atoms with Crippen LogP contribution in [0.15, 0.2) is 84.9 Å². The first-order chi connectivity index (χ1) is 17.5. The Morgan fingerprint density at radius 3 is 2.50 bits per heavy atom. The molecule has 1 amide bonds. The van der Waals surface area contributed by atoms with Crippen molar-refractivity contribution in [2.75, 3.05) is 11.1 Å². The molecule has 4 N–H and O–H groups in total. The predicted octanol–water partition coefficient (Wildman–Crippen LogP) is 5.53. The fraction of sp³-hybridized carbons (Fsp3) is 0.100. The molecule has 6 heteroatoms. The maximum atomic E-state index is 13.1. The summed E-state index contributed by atoms with van der Waals surface area (Å²) in [5, 5.41) is 15.0. The molecule has 0 aliphatic heterocycles. The second-order valence-electron chi connectivity index (χ2n) is 9.09. The Kier molecular flexibility index (Phi) is 5.34. The van der Waals surface area contributed by atoms with E-state index in [1.165, 1.54) is 0 Å². The summed E-state index contributed by atoms with van der Waals surface area (Å²) >= 11 is 0. The summed E-state index contributed by atoms with van der Waals surface area (Å²) in [5.74, 6) is 0.417. The summed E-state index contributed by atoms with van der Waals surface area (Å²) in [4.78, 5) is 23.0. The molecule has 36 heavy (non-hydrogen) atoms. The maximum absolute atomic E-state index is 13.1. The van der Waals surface area contributed by atoms with Crippen molar-refractivity contribution in [2.24, 2.45) is 0 Å². The van der Waals surface area contributed by atoms with E-state index < -0.39 is 0 Å². The molecule has 1 aromatic heterocycles. The topological polar surface area (TPSA) is 101 Å². The quantitative estimate of drug-likeness (QED) is 0.299. The molecular formula is C30H24N4O2. The Morgan fingerprint density at radius 1 is 0.861 bits per heavy atom. The number of carbonyl (C=O) groups excluding carboxylic acids is 1. The van der Waals surface area contributed by atoms with E-state index in [0.717, 1.165) is 56.5 Å². The second-order valence-corrected chi connectivity index (χ2v) is 9.09. The number of hydrogen-bond donors (Lipinski definition) is 3. The average molecular weight is 473 g/mol. The molecule has 0 saturated carbocycles. The van der Waals surface area contributed by atoms with E-state index in [1.54, 1.807) is 24.3 Å². The minimum absolute atomic E-state index is 0.160. The van der Waals surface area contributed by atoms with Gasteiger partial charge in [0.1, 0.15) is 11.4 Å². The lowest BCUT2D eigenvalue weighted by atomic mass is 9.91. The number of nitrogens with two attached hydrogens (primary N) is 1. The normalized spacial score (nSPS) is 12.1. The van der Waals surface area contributed by atoms with Gasteiger partial charge in [0.15, 0.2) is 5.82 Å². The number of benzene rings is 4. The zero-order valence-electron chi connectivity index (χ0n) is 19.5. The Bertz CT molecular complexity index is 1630. The zero-order valence-corrected chi connectivity index (χ0v) is 19.5. The van der Waals surface area contributed by atoms with Gasteiger partial charge in [0.05, 0.1) is 17.8 Å². The third-order valence-corrected chi connectivity index (χ3v) is 6.56. The molecule has 0 saturated heterocycles. The first-order valence-electron chi connectivity index (χ1n) is 11.9. The van der Waals surface area contributed by atoms with Crippen molar-refractivity contribution in [3.63, 3.8) is 0 Å². The van der Waals surface area contributed by atoms with Crippen molar-refractivity contribution >= 4 is 28.2 Å². The standard InChI is InChI=1S/C30H24N4O2/c31-23-10-13-25-22(17-23)9-14-26-29(25)34-28(20-7-11-24(35)12-8-20)30(32-26)33-27(36)16-18-5-6-19-3-1-2-4-21(19)15-18/h1-8,10-13,15,17,35H,9,14,16,31H2,(H,32,33,36). The number of fused-ring (bicyclic) bond motifs is 4. The number of phenols is 1. The average Bonchev–Trinajstić information content (AvgIpc) is 2.88. The van der Waals surface area contributed by atoms with Crippen LogP contribution in [-0.2, 0) is 24.1 Å². The number of carbonyl (C=O) groups is 1. The molecule has 1 aliphatic rings. The number of aromatic nitrogens is 2. The number of anilines is 2. The number of hydrogen-bond acceptors (Lipinski definition) is 5. The van der Waals surface area contributed by atoms with E-state index in [0.29, 0.717) is 17.9 Å². The van der Waals surface area contributed by atoms with Crippen molar-refractivity contribution in [2.45, 2.75) is 19.3 Å². The van der Waals surface area contributed by atoms with E-state index in [9.17, 15) is 9.90 Å². The van der Waals surface area contributed by atoms with E-state index in [2.05, 4.69) is 11.4 Å². The zero-order chi connectivity index (χ0) is 24.6. The van der Waals surface area contributed by atoms with Gasteiger partial charge >= 0.3 is 0 Å². The van der Waals surface area contributed by atoms with Gasteiger partial charge in [-0.3, -0.25) is 4.79 Å². The number of phenolic OH excluding ortho intramolecular Hbond substituents is 1. The first-order valence-corrected chi connectivity index (χ1v) is 11.9. The van der Waals surface area contributed by atoms with Crippen molar-refractivity contribution in [1.82, 2.24) is 9.97 Å². The summed E-state index contributed by atoms with van der Waals surface area (Å²) in [5.41, 5.74) is 12.8. The van der Waals surface area contributed by atoms with Crippen LogP contribution in [0.5, 0.6) is 5.75 Å². The van der Waals surface area contributed by atoms with Gasteiger partial charge in [0, 0.05) is 16.8 Å². The lowest BCUT2D eigenvalue weighted by Gasteiger charge is -2.21. The Hall–Kier alpha value is -4.71. The van der Waals surface area contributed by atoms with Crippen LogP contribution in [-0.4, -0.2) is 21.0 Å². The van der Waals surface area contributed by atoms with Gasteiger partial charge in [-0.25, -0.2) is 9.97 Å². The highest BCUT2D eigenvalue weighted by Gasteiger charge is 2.23. The van der Waals surface area contributed by atoms with E-state index in [1.807, 2.05) is 54.6 Å². The number of nitrogens with one attached hydrogen (secondary N) is 1. The van der Waals surface area contributed by atoms with Crippen LogP contribution in [0.25, 0.3) is 33.3 Å². The molecule has 6 nitrogen and oxygen atoms in total. The van der Waals surface area contributed by atoms with Gasteiger partial charge in [0.25, 0.3) is 0 Å². The lowest BCUT2D eigenvalue weighted by molar-refractivity contribution is -0.115. The van der Waals surface area contributed by atoms with Crippen LogP contribution in [0, 0.1) is 0 Å². The maximum Gasteiger partial charge on any atom is 0.230 e. The molecule has 1 heterocycles. The van der Waals surface area contributed by atoms with E-state index >= 15 is 0 Å². The monoisotopic (exact) mass is 472 g/mol. The summed E-state index contributed by atoms with van der Waals surface area (Å²) in [6.45, 7) is 0. The van der Waals surface area contributed by atoms with Crippen LogP contribution in [0.4, 0.5) is 11.5 Å². The number of aryl methyl sites for hydroxylation is 2. The molecule has 0 unspecified atom stereocenters. The van der Waals surface area contributed by atoms with Crippen LogP contribution in [0.3, 0.4) is 0 Å². The van der Waals surface area contributed by atoms with Crippen LogP contribution in [0.1, 0.15) is 16.8 Å². The van der Waals surface area contributed by atoms with Gasteiger partial charge < -0.3 is 16.2 Å². The molecule has 0 spiro atoms. The third-order valence-electron chi connectivity index (χ3n) is 6.56. The largest absolute Gasteiger partial charge is 0.508 e. The van der Waals surface area contributed by atoms with Crippen molar-refractivity contribution in [3.8, 4) is 28.3 Å². The molecule has 0 fully saturated rings. The predicted molar refractivity (Wildman–Crippen MR) is 143 cm³/mol. The van der Waals surface area contributed by atoms with Crippen molar-refractivity contribution < 1.29 is 9.90 Å². The Labute approximate surface area is 208 Å². The summed E-state index contributed by atoms with van der Waals surface area (Å²) in [6, 6.07) is 26.7. The molecule has 0 bridgehead atoms. The molecule has 4 aromatic carbocycles. The molecular weight excluding hydrogens is 448 g/mol.